The summed E-state index contributed by atoms with van der Waals surface area (Å²) in [5.74, 6) is 1.06. The van der Waals surface area contributed by atoms with Crippen molar-refractivity contribution in [3.63, 3.8) is 0 Å². The molecule has 1 saturated carbocycles. The predicted molar refractivity (Wildman–Crippen MR) is 57.0 cm³/mol. The Morgan fingerprint density at radius 2 is 1.93 bits per heavy atom. The van der Waals surface area contributed by atoms with Crippen LogP contribution in [0.2, 0.25) is 0 Å². The van der Waals surface area contributed by atoms with Crippen LogP contribution < -0.4 is 0 Å². The van der Waals surface area contributed by atoms with E-state index in [4.69, 9.17) is 4.74 Å². The monoisotopic (exact) mass is 198 g/mol. The van der Waals surface area contributed by atoms with Gasteiger partial charge in [0.1, 0.15) is 0 Å². The number of unbranched alkanes of at least 4 members (excludes halogenated alkanes) is 1. The molecule has 82 valence electrons. The number of rotatable bonds is 4. The molecule has 0 aromatic rings. The molecule has 1 fully saturated rings. The Morgan fingerprint density at radius 3 is 2.43 bits per heavy atom. The van der Waals surface area contributed by atoms with Crippen LogP contribution in [-0.2, 0) is 9.53 Å². The first kappa shape index (κ1) is 11.5. The molecule has 0 aliphatic heterocycles. The van der Waals surface area contributed by atoms with E-state index in [9.17, 15) is 4.79 Å². The first-order valence-electron chi connectivity index (χ1n) is 5.85. The first-order valence-corrected chi connectivity index (χ1v) is 5.85. The fraction of sp³-hybridized carbons (Fsp3) is 0.917. The first-order chi connectivity index (χ1) is 6.77. The van der Waals surface area contributed by atoms with Crippen molar-refractivity contribution in [1.29, 1.82) is 0 Å². The normalized spacial score (nSPS) is 27.3. The van der Waals surface area contributed by atoms with E-state index in [1.54, 1.807) is 0 Å². The number of carbonyl (C=O) groups excluding carboxylic acids is 1. The molecule has 2 heteroatoms. The Hall–Kier alpha value is -0.530. The Labute approximate surface area is 87.0 Å². The molecule has 14 heavy (non-hydrogen) atoms. The minimum Gasteiger partial charge on any atom is -0.469 e. The second-order valence-corrected chi connectivity index (χ2v) is 4.38. The smallest absolute Gasteiger partial charge is 0.308 e. The topological polar surface area (TPSA) is 26.3 Å². The molecule has 0 atom stereocenters. The van der Waals surface area contributed by atoms with Crippen molar-refractivity contribution in [3.05, 3.63) is 0 Å². The number of hydrogen-bond donors (Lipinski definition) is 0. The highest BCUT2D eigenvalue weighted by Crippen LogP contribution is 2.32. The third-order valence-corrected chi connectivity index (χ3v) is 3.35. The van der Waals surface area contributed by atoms with Crippen LogP contribution in [0.3, 0.4) is 0 Å². The highest BCUT2D eigenvalue weighted by molar-refractivity contribution is 5.72. The van der Waals surface area contributed by atoms with Crippen molar-refractivity contribution < 1.29 is 9.53 Å². The van der Waals surface area contributed by atoms with E-state index in [0.717, 1.165) is 18.8 Å². The zero-order valence-electron chi connectivity index (χ0n) is 9.42. The summed E-state index contributed by atoms with van der Waals surface area (Å²) in [6.45, 7) is 2.24. The number of ether oxygens (including phenoxy) is 1. The average molecular weight is 198 g/mol. The van der Waals surface area contributed by atoms with Crippen molar-refractivity contribution >= 4 is 5.97 Å². The zero-order chi connectivity index (χ0) is 10.4. The molecule has 1 aliphatic carbocycles. The summed E-state index contributed by atoms with van der Waals surface area (Å²) in [6, 6.07) is 0. The minimum atomic E-state index is -0.000980. The van der Waals surface area contributed by atoms with E-state index in [-0.39, 0.29) is 11.9 Å². The summed E-state index contributed by atoms with van der Waals surface area (Å²) in [4.78, 5) is 11.3. The third-order valence-electron chi connectivity index (χ3n) is 3.35. The lowest BCUT2D eigenvalue weighted by molar-refractivity contribution is -0.146. The molecular formula is C12H22O2. The zero-order valence-corrected chi connectivity index (χ0v) is 9.42. The summed E-state index contributed by atoms with van der Waals surface area (Å²) in [5.41, 5.74) is 0. The SMILES string of the molecule is CCCC[C@H]1CC[C@H](C(=O)OC)CC1. The number of methoxy groups -OCH3 is 1. The van der Waals surface area contributed by atoms with Gasteiger partial charge < -0.3 is 4.74 Å². The van der Waals surface area contributed by atoms with Gasteiger partial charge in [-0.25, -0.2) is 0 Å². The van der Waals surface area contributed by atoms with E-state index in [1.165, 1.54) is 39.2 Å². The van der Waals surface area contributed by atoms with Gasteiger partial charge in [0.2, 0.25) is 0 Å². The van der Waals surface area contributed by atoms with Crippen LogP contribution in [0.25, 0.3) is 0 Å². The van der Waals surface area contributed by atoms with Crippen LogP contribution in [0.5, 0.6) is 0 Å². The Balaban J connectivity index is 2.20. The molecule has 0 N–H and O–H groups in total. The van der Waals surface area contributed by atoms with Crippen LogP contribution in [-0.4, -0.2) is 13.1 Å². The van der Waals surface area contributed by atoms with Crippen molar-refractivity contribution in [2.75, 3.05) is 7.11 Å². The molecule has 0 saturated heterocycles. The van der Waals surface area contributed by atoms with Gasteiger partial charge in [0.15, 0.2) is 0 Å². The quantitative estimate of drug-likeness (QED) is 0.649. The van der Waals surface area contributed by atoms with Crippen LogP contribution in [0.4, 0.5) is 0 Å². The Bertz CT molecular complexity index is 169. The lowest BCUT2D eigenvalue weighted by Crippen LogP contribution is -2.22. The predicted octanol–water partition coefficient (Wildman–Crippen LogP) is 3.16. The number of esters is 1. The van der Waals surface area contributed by atoms with Gasteiger partial charge in [-0.2, -0.15) is 0 Å². The molecule has 2 nitrogen and oxygen atoms in total. The lowest BCUT2D eigenvalue weighted by Gasteiger charge is -2.26. The summed E-state index contributed by atoms with van der Waals surface area (Å²) in [6.07, 6.45) is 8.51. The van der Waals surface area contributed by atoms with Gasteiger partial charge in [-0.15, -0.1) is 0 Å². The molecule has 0 heterocycles. The van der Waals surface area contributed by atoms with E-state index in [2.05, 4.69) is 6.92 Å². The van der Waals surface area contributed by atoms with Gasteiger partial charge in [0.25, 0.3) is 0 Å². The second kappa shape index (κ2) is 6.05. The fourth-order valence-corrected chi connectivity index (χ4v) is 2.35. The lowest BCUT2D eigenvalue weighted by atomic mass is 9.80. The molecule has 0 aromatic heterocycles. The highest BCUT2D eigenvalue weighted by atomic mass is 16.5. The van der Waals surface area contributed by atoms with Gasteiger partial charge in [-0.1, -0.05) is 26.2 Å². The molecule has 0 aromatic carbocycles. The highest BCUT2D eigenvalue weighted by Gasteiger charge is 2.26. The Morgan fingerprint density at radius 1 is 1.29 bits per heavy atom. The average Bonchev–Trinajstić information content (AvgIpc) is 2.26. The van der Waals surface area contributed by atoms with Gasteiger partial charge >= 0.3 is 5.97 Å². The van der Waals surface area contributed by atoms with Crippen molar-refractivity contribution in [1.82, 2.24) is 0 Å². The van der Waals surface area contributed by atoms with Crippen molar-refractivity contribution in [2.45, 2.75) is 51.9 Å². The Kier molecular flexibility index (Phi) is 4.99. The van der Waals surface area contributed by atoms with Crippen LogP contribution in [0.15, 0.2) is 0 Å². The molecule has 0 radical (unpaired) electrons. The third kappa shape index (κ3) is 3.32. The molecule has 1 rings (SSSR count). The van der Waals surface area contributed by atoms with Gasteiger partial charge in [-0.3, -0.25) is 4.79 Å². The van der Waals surface area contributed by atoms with Crippen molar-refractivity contribution in [3.8, 4) is 0 Å². The summed E-state index contributed by atoms with van der Waals surface area (Å²) >= 11 is 0. The summed E-state index contributed by atoms with van der Waals surface area (Å²) in [5, 5.41) is 0. The van der Waals surface area contributed by atoms with E-state index < -0.39 is 0 Å². The maximum Gasteiger partial charge on any atom is 0.308 e. The molecule has 0 bridgehead atoms. The minimum absolute atomic E-state index is 0.000980. The van der Waals surface area contributed by atoms with E-state index in [0.29, 0.717) is 0 Å². The number of carbonyl (C=O) groups is 1. The van der Waals surface area contributed by atoms with E-state index >= 15 is 0 Å². The molecule has 0 amide bonds. The fourth-order valence-electron chi connectivity index (χ4n) is 2.35. The largest absolute Gasteiger partial charge is 0.469 e. The van der Waals surface area contributed by atoms with Crippen LogP contribution in [0, 0.1) is 11.8 Å². The van der Waals surface area contributed by atoms with Gasteiger partial charge in [0.05, 0.1) is 13.0 Å². The molecule has 1 aliphatic rings. The van der Waals surface area contributed by atoms with Gasteiger partial charge in [0, 0.05) is 0 Å². The summed E-state index contributed by atoms with van der Waals surface area (Å²) < 4.78 is 4.77. The molecular weight excluding hydrogens is 176 g/mol. The maximum absolute atomic E-state index is 11.3. The molecule has 0 unspecified atom stereocenters. The van der Waals surface area contributed by atoms with Crippen molar-refractivity contribution in [2.24, 2.45) is 11.8 Å². The van der Waals surface area contributed by atoms with Gasteiger partial charge in [-0.05, 0) is 31.6 Å². The van der Waals surface area contributed by atoms with E-state index in [1.807, 2.05) is 0 Å². The second-order valence-electron chi connectivity index (χ2n) is 4.38. The van der Waals surface area contributed by atoms with Crippen LogP contribution >= 0.6 is 0 Å². The summed E-state index contributed by atoms with van der Waals surface area (Å²) in [7, 11) is 1.49. The number of hydrogen-bond acceptors (Lipinski definition) is 2. The van der Waals surface area contributed by atoms with Crippen LogP contribution in [0.1, 0.15) is 51.9 Å². The molecule has 0 spiro atoms. The maximum atomic E-state index is 11.3. The standard InChI is InChI=1S/C12H22O2/c1-3-4-5-10-6-8-11(9-7-10)12(13)14-2/h10-11H,3-9H2,1-2H3/t10-,11-.